The fourth-order valence-electron chi connectivity index (χ4n) is 1.11. The maximum absolute atomic E-state index is 10.5. The largest absolute Gasteiger partial charge is 0.476 e. The van der Waals surface area contributed by atoms with Gasteiger partial charge in [0.05, 0.1) is 0 Å². The molecule has 2 aromatic heterocycles. The van der Waals surface area contributed by atoms with Crippen LogP contribution in [0.3, 0.4) is 0 Å². The van der Waals surface area contributed by atoms with Gasteiger partial charge in [0.25, 0.3) is 0 Å². The molecule has 0 radical (unpaired) electrons. The van der Waals surface area contributed by atoms with E-state index in [0.717, 1.165) is 0 Å². The fourth-order valence-corrected chi connectivity index (χ4v) is 1.11. The first-order chi connectivity index (χ1) is 6.16. The van der Waals surface area contributed by atoms with Gasteiger partial charge in [0.2, 0.25) is 0 Å². The lowest BCUT2D eigenvalue weighted by molar-refractivity contribution is 0.0691. The Hall–Kier alpha value is -2.04. The summed E-state index contributed by atoms with van der Waals surface area (Å²) in [5, 5.41) is 8.65. The van der Waals surface area contributed by atoms with E-state index in [1.165, 1.54) is 6.20 Å². The number of carboxylic acids is 1. The topological polar surface area (TPSA) is 80.6 Å². The van der Waals surface area contributed by atoms with Gasteiger partial charge in [-0.25, -0.2) is 9.78 Å². The van der Waals surface area contributed by atoms with Crippen LogP contribution in [-0.4, -0.2) is 20.5 Å². The number of rotatable bonds is 1. The average Bonchev–Trinajstić information content (AvgIpc) is 2.46. The molecular weight excluding hydrogens is 170 g/mol. The van der Waals surface area contributed by atoms with Crippen LogP contribution in [0.15, 0.2) is 24.5 Å². The van der Waals surface area contributed by atoms with Crippen LogP contribution in [0.25, 0.3) is 5.65 Å². The summed E-state index contributed by atoms with van der Waals surface area (Å²) in [5.41, 5.74) is 6.68. The summed E-state index contributed by atoms with van der Waals surface area (Å²) in [6.07, 6.45) is 3.04. The third-order valence-corrected chi connectivity index (χ3v) is 1.69. The van der Waals surface area contributed by atoms with E-state index in [4.69, 9.17) is 10.8 Å². The Kier molecular flexibility index (Phi) is 1.45. The van der Waals surface area contributed by atoms with Crippen LogP contribution in [0.4, 0.5) is 5.69 Å². The first-order valence-corrected chi connectivity index (χ1v) is 3.64. The maximum atomic E-state index is 10.5. The van der Waals surface area contributed by atoms with Crippen molar-refractivity contribution in [3.05, 3.63) is 30.2 Å². The molecule has 3 N–H and O–H groups in total. The third kappa shape index (κ3) is 1.20. The molecule has 5 nitrogen and oxygen atoms in total. The van der Waals surface area contributed by atoms with Gasteiger partial charge in [0, 0.05) is 18.1 Å². The van der Waals surface area contributed by atoms with Gasteiger partial charge in [-0.05, 0) is 12.1 Å². The van der Waals surface area contributed by atoms with Gasteiger partial charge in [-0.1, -0.05) is 0 Å². The number of imidazole rings is 1. The minimum Gasteiger partial charge on any atom is -0.476 e. The van der Waals surface area contributed by atoms with E-state index in [0.29, 0.717) is 11.3 Å². The normalized spacial score (nSPS) is 10.5. The van der Waals surface area contributed by atoms with Crippen molar-refractivity contribution < 1.29 is 9.90 Å². The number of nitrogen functional groups attached to an aromatic ring is 1. The molecule has 0 aliphatic carbocycles. The Morgan fingerprint density at radius 2 is 2.23 bits per heavy atom. The number of pyridine rings is 1. The molecule has 0 bridgehead atoms. The van der Waals surface area contributed by atoms with Gasteiger partial charge in [0.1, 0.15) is 5.65 Å². The molecule has 13 heavy (non-hydrogen) atoms. The van der Waals surface area contributed by atoms with Crippen LogP contribution in [0.5, 0.6) is 0 Å². The highest BCUT2D eigenvalue weighted by atomic mass is 16.4. The van der Waals surface area contributed by atoms with Crippen LogP contribution < -0.4 is 5.73 Å². The molecule has 0 amide bonds. The molecule has 66 valence electrons. The Labute approximate surface area is 73.4 Å². The molecule has 0 saturated heterocycles. The Bertz CT molecular complexity index is 475. The number of fused-ring (bicyclic) bond motifs is 1. The molecule has 0 aliphatic rings. The second kappa shape index (κ2) is 2.48. The number of carbonyl (C=O) groups is 1. The van der Waals surface area contributed by atoms with E-state index < -0.39 is 5.97 Å². The van der Waals surface area contributed by atoms with Crippen molar-refractivity contribution in [2.45, 2.75) is 0 Å². The van der Waals surface area contributed by atoms with Gasteiger partial charge in [0.15, 0.2) is 5.69 Å². The summed E-state index contributed by atoms with van der Waals surface area (Å²) in [7, 11) is 0. The second-order valence-electron chi connectivity index (χ2n) is 2.66. The van der Waals surface area contributed by atoms with E-state index in [9.17, 15) is 4.79 Å². The number of nitrogens with zero attached hydrogens (tertiary/aromatic N) is 2. The van der Waals surface area contributed by atoms with Crippen LogP contribution >= 0.6 is 0 Å². The molecular formula is C8H7N3O2. The highest BCUT2D eigenvalue weighted by Gasteiger charge is 2.07. The smallest absolute Gasteiger partial charge is 0.356 e. The van der Waals surface area contributed by atoms with Crippen molar-refractivity contribution in [2.24, 2.45) is 0 Å². The zero-order valence-corrected chi connectivity index (χ0v) is 6.64. The number of nitrogens with two attached hydrogens (primary N) is 1. The molecule has 0 aliphatic heterocycles. The first-order valence-electron chi connectivity index (χ1n) is 3.64. The van der Waals surface area contributed by atoms with Gasteiger partial charge in [-0.2, -0.15) is 0 Å². The van der Waals surface area contributed by atoms with Gasteiger partial charge >= 0.3 is 5.97 Å². The van der Waals surface area contributed by atoms with Crippen LogP contribution in [0.1, 0.15) is 10.5 Å². The summed E-state index contributed by atoms with van der Waals surface area (Å²) >= 11 is 0. The second-order valence-corrected chi connectivity index (χ2v) is 2.66. The zero-order valence-electron chi connectivity index (χ0n) is 6.64. The minimum atomic E-state index is -1.04. The lowest BCUT2D eigenvalue weighted by Crippen LogP contribution is -1.94. The van der Waals surface area contributed by atoms with Crippen molar-refractivity contribution >= 4 is 17.3 Å². The van der Waals surface area contributed by atoms with Crippen molar-refractivity contribution in [2.75, 3.05) is 5.73 Å². The molecule has 2 rings (SSSR count). The Balaban J connectivity index is 2.68. The standard InChI is InChI=1S/C8H7N3O2/c9-5-1-2-7-10-6(8(12)13)4-11(7)3-5/h1-4H,9H2,(H,12,13). The van der Waals surface area contributed by atoms with Crippen molar-refractivity contribution in [1.29, 1.82) is 0 Å². The van der Waals surface area contributed by atoms with E-state index in [2.05, 4.69) is 4.98 Å². The van der Waals surface area contributed by atoms with Crippen LogP contribution in [0, 0.1) is 0 Å². The number of aromatic nitrogens is 2. The highest BCUT2D eigenvalue weighted by molar-refractivity contribution is 5.86. The Morgan fingerprint density at radius 1 is 1.46 bits per heavy atom. The zero-order chi connectivity index (χ0) is 9.42. The van der Waals surface area contributed by atoms with E-state index in [1.807, 2.05) is 0 Å². The molecule has 5 heteroatoms. The monoisotopic (exact) mass is 177 g/mol. The lowest BCUT2D eigenvalue weighted by Gasteiger charge is -1.93. The summed E-state index contributed by atoms with van der Waals surface area (Å²) < 4.78 is 1.58. The predicted molar refractivity (Wildman–Crippen MR) is 46.6 cm³/mol. The predicted octanol–water partition coefficient (Wildman–Crippen LogP) is 0.615. The number of carboxylic acid groups (broad SMARTS) is 1. The average molecular weight is 177 g/mol. The van der Waals surface area contributed by atoms with E-state index in [1.54, 1.807) is 22.7 Å². The molecule has 0 unspecified atom stereocenters. The van der Waals surface area contributed by atoms with Crippen molar-refractivity contribution in [1.82, 2.24) is 9.38 Å². The summed E-state index contributed by atoms with van der Waals surface area (Å²) in [5.74, 6) is -1.04. The van der Waals surface area contributed by atoms with Crippen molar-refractivity contribution in [3.8, 4) is 0 Å². The van der Waals surface area contributed by atoms with Gasteiger partial charge < -0.3 is 15.2 Å². The minimum absolute atomic E-state index is 0.0191. The van der Waals surface area contributed by atoms with E-state index in [-0.39, 0.29) is 5.69 Å². The Morgan fingerprint density at radius 3 is 2.92 bits per heavy atom. The SMILES string of the molecule is Nc1ccc2nc(C(=O)O)cn2c1. The number of anilines is 1. The molecule has 0 aromatic carbocycles. The third-order valence-electron chi connectivity index (χ3n) is 1.69. The molecule has 0 saturated carbocycles. The molecule has 0 spiro atoms. The highest BCUT2D eigenvalue weighted by Crippen LogP contribution is 2.08. The van der Waals surface area contributed by atoms with E-state index >= 15 is 0 Å². The number of hydrogen-bond acceptors (Lipinski definition) is 3. The molecule has 2 heterocycles. The summed E-state index contributed by atoms with van der Waals surface area (Å²) in [6, 6.07) is 3.34. The molecule has 0 atom stereocenters. The molecule has 2 aromatic rings. The lowest BCUT2D eigenvalue weighted by atomic mass is 10.4. The van der Waals surface area contributed by atoms with Crippen LogP contribution in [0.2, 0.25) is 0 Å². The van der Waals surface area contributed by atoms with Gasteiger partial charge in [-0.3, -0.25) is 0 Å². The number of hydrogen-bond donors (Lipinski definition) is 2. The fraction of sp³-hybridized carbons (Fsp3) is 0. The summed E-state index contributed by atoms with van der Waals surface area (Å²) in [6.45, 7) is 0. The van der Waals surface area contributed by atoms with Crippen LogP contribution in [-0.2, 0) is 0 Å². The quantitative estimate of drug-likeness (QED) is 0.668. The molecule has 0 fully saturated rings. The van der Waals surface area contributed by atoms with Crippen molar-refractivity contribution in [3.63, 3.8) is 0 Å². The maximum Gasteiger partial charge on any atom is 0.356 e. The summed E-state index contributed by atoms with van der Waals surface area (Å²) in [4.78, 5) is 14.4. The first kappa shape index (κ1) is 7.60. The van der Waals surface area contributed by atoms with Gasteiger partial charge in [-0.15, -0.1) is 0 Å². The number of aromatic carboxylic acids is 1.